The standard InChI is InChI=1S/C12H12ClN3O/c1-16(9-6-4-3-5-7-9)12-10(17-2)11(13)14-8-15-12/h3-8H,1-2H3. The molecule has 0 bridgehead atoms. The smallest absolute Gasteiger partial charge is 0.199 e. The number of para-hydroxylation sites is 1. The number of aromatic nitrogens is 2. The molecule has 0 saturated carbocycles. The molecule has 0 saturated heterocycles. The molecule has 1 heterocycles. The molecule has 2 rings (SSSR count). The highest BCUT2D eigenvalue weighted by molar-refractivity contribution is 6.31. The van der Waals surface area contributed by atoms with E-state index in [0.717, 1.165) is 5.69 Å². The zero-order valence-corrected chi connectivity index (χ0v) is 10.3. The Morgan fingerprint density at radius 3 is 2.53 bits per heavy atom. The molecule has 0 aliphatic carbocycles. The highest BCUT2D eigenvalue weighted by Crippen LogP contribution is 2.34. The van der Waals surface area contributed by atoms with Crippen LogP contribution in [0.15, 0.2) is 36.7 Å². The number of methoxy groups -OCH3 is 1. The molecule has 0 amide bonds. The molecule has 0 N–H and O–H groups in total. The molecular weight excluding hydrogens is 238 g/mol. The maximum atomic E-state index is 5.96. The first-order chi connectivity index (χ1) is 8.24. The number of hydrogen-bond acceptors (Lipinski definition) is 4. The lowest BCUT2D eigenvalue weighted by Crippen LogP contribution is -2.12. The van der Waals surface area contributed by atoms with Crippen molar-refractivity contribution in [1.29, 1.82) is 0 Å². The molecule has 0 radical (unpaired) electrons. The van der Waals surface area contributed by atoms with Crippen LogP contribution in [0.1, 0.15) is 0 Å². The van der Waals surface area contributed by atoms with Crippen LogP contribution in [0.25, 0.3) is 0 Å². The minimum atomic E-state index is 0.306. The van der Waals surface area contributed by atoms with E-state index in [9.17, 15) is 0 Å². The van der Waals surface area contributed by atoms with Crippen molar-refractivity contribution < 1.29 is 4.74 Å². The van der Waals surface area contributed by atoms with Crippen LogP contribution in [0.2, 0.25) is 5.15 Å². The SMILES string of the molecule is COc1c(Cl)ncnc1N(C)c1ccccc1. The monoisotopic (exact) mass is 249 g/mol. The van der Waals surface area contributed by atoms with Gasteiger partial charge in [0.1, 0.15) is 6.33 Å². The zero-order valence-electron chi connectivity index (χ0n) is 9.59. The Hall–Kier alpha value is -1.81. The van der Waals surface area contributed by atoms with Crippen LogP contribution < -0.4 is 9.64 Å². The maximum Gasteiger partial charge on any atom is 0.199 e. The summed E-state index contributed by atoms with van der Waals surface area (Å²) >= 11 is 5.96. The Bertz CT molecular complexity index is 504. The maximum absolute atomic E-state index is 5.96. The fraction of sp³-hybridized carbons (Fsp3) is 0.167. The lowest BCUT2D eigenvalue weighted by molar-refractivity contribution is 0.412. The van der Waals surface area contributed by atoms with Crippen molar-refractivity contribution in [2.75, 3.05) is 19.1 Å². The van der Waals surface area contributed by atoms with E-state index in [2.05, 4.69) is 9.97 Å². The fourth-order valence-corrected chi connectivity index (χ4v) is 1.74. The van der Waals surface area contributed by atoms with Crippen LogP contribution in [0, 0.1) is 0 Å². The predicted octanol–water partition coefficient (Wildman–Crippen LogP) is 2.91. The average molecular weight is 250 g/mol. The lowest BCUT2D eigenvalue weighted by Gasteiger charge is -2.20. The summed E-state index contributed by atoms with van der Waals surface area (Å²) in [5.74, 6) is 1.11. The van der Waals surface area contributed by atoms with Crippen molar-refractivity contribution in [1.82, 2.24) is 9.97 Å². The van der Waals surface area contributed by atoms with Gasteiger partial charge in [-0.05, 0) is 12.1 Å². The largest absolute Gasteiger partial charge is 0.490 e. The van der Waals surface area contributed by atoms with Gasteiger partial charge in [0.2, 0.25) is 0 Å². The molecule has 4 nitrogen and oxygen atoms in total. The number of hydrogen-bond donors (Lipinski definition) is 0. The molecule has 0 atom stereocenters. The van der Waals surface area contributed by atoms with Crippen LogP contribution in [-0.2, 0) is 0 Å². The Balaban J connectivity index is 2.44. The first-order valence-electron chi connectivity index (χ1n) is 5.07. The summed E-state index contributed by atoms with van der Waals surface area (Å²) in [6, 6.07) is 9.84. The van der Waals surface area contributed by atoms with Crippen LogP contribution in [0.3, 0.4) is 0 Å². The van der Waals surface area contributed by atoms with E-state index in [1.807, 2.05) is 42.3 Å². The van der Waals surface area contributed by atoms with Gasteiger partial charge in [0, 0.05) is 12.7 Å². The van der Waals surface area contributed by atoms with Gasteiger partial charge in [-0.2, -0.15) is 0 Å². The van der Waals surface area contributed by atoms with Crippen molar-refractivity contribution in [2.45, 2.75) is 0 Å². The van der Waals surface area contributed by atoms with E-state index in [0.29, 0.717) is 16.7 Å². The highest BCUT2D eigenvalue weighted by atomic mass is 35.5. The van der Waals surface area contributed by atoms with Crippen LogP contribution >= 0.6 is 11.6 Å². The van der Waals surface area contributed by atoms with Gasteiger partial charge in [0.05, 0.1) is 7.11 Å². The Morgan fingerprint density at radius 1 is 1.18 bits per heavy atom. The molecule has 0 unspecified atom stereocenters. The second-order valence-corrected chi connectivity index (χ2v) is 3.77. The zero-order chi connectivity index (χ0) is 12.3. The molecule has 0 spiro atoms. The van der Waals surface area contributed by atoms with Gasteiger partial charge in [0.15, 0.2) is 16.7 Å². The van der Waals surface area contributed by atoms with Crippen LogP contribution in [0.4, 0.5) is 11.5 Å². The third kappa shape index (κ3) is 2.31. The number of halogens is 1. The second-order valence-electron chi connectivity index (χ2n) is 3.42. The number of nitrogens with zero attached hydrogens (tertiary/aromatic N) is 3. The quantitative estimate of drug-likeness (QED) is 0.784. The third-order valence-corrected chi connectivity index (χ3v) is 2.68. The predicted molar refractivity (Wildman–Crippen MR) is 68.1 cm³/mol. The molecule has 1 aromatic carbocycles. The molecule has 5 heteroatoms. The topological polar surface area (TPSA) is 38.3 Å². The van der Waals surface area contributed by atoms with E-state index in [1.54, 1.807) is 7.11 Å². The third-order valence-electron chi connectivity index (χ3n) is 2.41. The van der Waals surface area contributed by atoms with Gasteiger partial charge in [-0.15, -0.1) is 0 Å². The summed E-state index contributed by atoms with van der Waals surface area (Å²) in [5.41, 5.74) is 1.00. The van der Waals surface area contributed by atoms with Crippen LogP contribution in [0.5, 0.6) is 5.75 Å². The Labute approximate surface area is 105 Å². The van der Waals surface area contributed by atoms with Crippen molar-refractivity contribution in [3.63, 3.8) is 0 Å². The molecule has 1 aromatic heterocycles. The normalized spacial score (nSPS) is 10.1. The van der Waals surface area contributed by atoms with Gasteiger partial charge >= 0.3 is 0 Å². The molecule has 0 fully saturated rings. The number of rotatable bonds is 3. The fourth-order valence-electron chi connectivity index (χ4n) is 1.53. The minimum Gasteiger partial charge on any atom is -0.490 e. The molecule has 0 aliphatic rings. The van der Waals surface area contributed by atoms with Gasteiger partial charge < -0.3 is 9.64 Å². The van der Waals surface area contributed by atoms with Gasteiger partial charge in [-0.25, -0.2) is 9.97 Å². The van der Waals surface area contributed by atoms with E-state index in [1.165, 1.54) is 6.33 Å². The molecule has 88 valence electrons. The minimum absolute atomic E-state index is 0.306. The summed E-state index contributed by atoms with van der Waals surface area (Å²) in [5, 5.41) is 0.306. The highest BCUT2D eigenvalue weighted by Gasteiger charge is 2.15. The van der Waals surface area contributed by atoms with Gasteiger partial charge in [0.25, 0.3) is 0 Å². The van der Waals surface area contributed by atoms with Crippen molar-refractivity contribution in [2.24, 2.45) is 0 Å². The number of benzene rings is 1. The number of ether oxygens (including phenoxy) is 1. The first kappa shape index (κ1) is 11.7. The summed E-state index contributed by atoms with van der Waals surface area (Å²) in [6.07, 6.45) is 1.42. The van der Waals surface area contributed by atoms with Crippen molar-refractivity contribution >= 4 is 23.1 Å². The average Bonchev–Trinajstić information content (AvgIpc) is 2.38. The first-order valence-corrected chi connectivity index (χ1v) is 5.45. The summed E-state index contributed by atoms with van der Waals surface area (Å²) in [6.45, 7) is 0. The molecular formula is C12H12ClN3O. The number of anilines is 2. The van der Waals surface area contributed by atoms with Crippen molar-refractivity contribution in [3.8, 4) is 5.75 Å². The summed E-state index contributed by atoms with van der Waals surface area (Å²) < 4.78 is 5.22. The Morgan fingerprint density at radius 2 is 1.88 bits per heavy atom. The molecule has 0 aliphatic heterocycles. The van der Waals surface area contributed by atoms with Crippen molar-refractivity contribution in [3.05, 3.63) is 41.8 Å². The lowest BCUT2D eigenvalue weighted by atomic mass is 10.3. The Kier molecular flexibility index (Phi) is 3.44. The van der Waals surface area contributed by atoms with E-state index in [-0.39, 0.29) is 0 Å². The second kappa shape index (κ2) is 5.01. The summed E-state index contributed by atoms with van der Waals surface area (Å²) in [7, 11) is 3.45. The van der Waals surface area contributed by atoms with Crippen LogP contribution in [-0.4, -0.2) is 24.1 Å². The van der Waals surface area contributed by atoms with E-state index >= 15 is 0 Å². The van der Waals surface area contributed by atoms with Gasteiger partial charge in [-0.3, -0.25) is 0 Å². The van der Waals surface area contributed by atoms with Gasteiger partial charge in [-0.1, -0.05) is 29.8 Å². The molecule has 2 aromatic rings. The van der Waals surface area contributed by atoms with E-state index in [4.69, 9.17) is 16.3 Å². The summed E-state index contributed by atoms with van der Waals surface area (Å²) in [4.78, 5) is 9.98. The van der Waals surface area contributed by atoms with E-state index < -0.39 is 0 Å². The molecule has 17 heavy (non-hydrogen) atoms.